The molecule has 2 aromatic rings. The van der Waals surface area contributed by atoms with Gasteiger partial charge in [-0.1, -0.05) is 61.9 Å². The van der Waals surface area contributed by atoms with Crippen molar-refractivity contribution in [3.8, 4) is 0 Å². The predicted octanol–water partition coefficient (Wildman–Crippen LogP) is 2.68. The van der Waals surface area contributed by atoms with E-state index in [9.17, 15) is 18.0 Å². The first-order valence-electron chi connectivity index (χ1n) is 9.52. The quantitative estimate of drug-likeness (QED) is 0.589. The summed E-state index contributed by atoms with van der Waals surface area (Å²) in [6, 6.07) is 13.2. The maximum absolute atomic E-state index is 12.5. The smallest absolute Gasteiger partial charge is 0.269 e. The summed E-state index contributed by atoms with van der Waals surface area (Å²) in [4.78, 5) is 24.9. The molecule has 2 aromatic carbocycles. The highest BCUT2D eigenvalue weighted by Gasteiger charge is 2.26. The fourth-order valence-corrected chi connectivity index (χ4v) is 3.92. The second kappa shape index (κ2) is 10.2. The van der Waals surface area contributed by atoms with Crippen molar-refractivity contribution in [1.29, 1.82) is 0 Å². The fraction of sp³-hybridized carbons (Fsp3) is 0.273. The van der Waals surface area contributed by atoms with Crippen molar-refractivity contribution in [3.05, 3.63) is 76.2 Å². The largest absolute Gasteiger partial charge is 0.271 e. The number of amides is 2. The number of nitrogens with one attached hydrogen (secondary N) is 3. The number of aryl methyl sites for hydroxylation is 2. The Kier molecular flexibility index (Phi) is 7.91. The third-order valence-electron chi connectivity index (χ3n) is 4.41. The average molecular weight is 430 g/mol. The molecule has 0 aliphatic rings. The van der Waals surface area contributed by atoms with E-state index in [4.69, 9.17) is 0 Å². The summed E-state index contributed by atoms with van der Waals surface area (Å²) < 4.78 is 27.2. The first-order valence-corrected chi connectivity index (χ1v) is 11.1. The van der Waals surface area contributed by atoms with E-state index in [1.807, 2.05) is 19.1 Å². The van der Waals surface area contributed by atoms with Crippen LogP contribution in [0.5, 0.6) is 0 Å². The molecule has 0 saturated heterocycles. The van der Waals surface area contributed by atoms with Gasteiger partial charge in [-0.05, 0) is 43.0 Å². The lowest BCUT2D eigenvalue weighted by Crippen LogP contribution is -2.54. The summed E-state index contributed by atoms with van der Waals surface area (Å²) >= 11 is 0. The molecule has 0 spiro atoms. The summed E-state index contributed by atoms with van der Waals surface area (Å²) in [6.45, 7) is 7.13. The van der Waals surface area contributed by atoms with Gasteiger partial charge in [0, 0.05) is 11.0 Å². The van der Waals surface area contributed by atoms with E-state index in [0.29, 0.717) is 11.1 Å². The van der Waals surface area contributed by atoms with Crippen LogP contribution in [0.15, 0.2) is 53.9 Å². The molecule has 0 bridgehead atoms. The van der Waals surface area contributed by atoms with Gasteiger partial charge in [0.05, 0.1) is 0 Å². The summed E-state index contributed by atoms with van der Waals surface area (Å²) in [7, 11) is -3.88. The molecule has 0 aliphatic carbocycles. The summed E-state index contributed by atoms with van der Waals surface area (Å²) in [5, 5.41) is 1.01. The number of rotatable bonds is 7. The summed E-state index contributed by atoms with van der Waals surface area (Å²) in [5.74, 6) is -1.47. The lowest BCUT2D eigenvalue weighted by Gasteiger charge is -2.21. The van der Waals surface area contributed by atoms with E-state index in [-0.39, 0.29) is 5.92 Å². The van der Waals surface area contributed by atoms with Crippen molar-refractivity contribution >= 4 is 27.9 Å². The van der Waals surface area contributed by atoms with Crippen molar-refractivity contribution in [2.75, 3.05) is 0 Å². The average Bonchev–Trinajstić information content (AvgIpc) is 2.69. The molecule has 8 heteroatoms. The van der Waals surface area contributed by atoms with Crippen molar-refractivity contribution < 1.29 is 18.0 Å². The number of carbonyl (C=O) groups is 2. The van der Waals surface area contributed by atoms with Gasteiger partial charge in [0.2, 0.25) is 10.0 Å². The Bertz CT molecular complexity index is 1030. The molecule has 0 saturated carbocycles. The molecular formula is C22H27N3O4S. The maximum Gasteiger partial charge on any atom is 0.269 e. The molecular weight excluding hydrogens is 402 g/mol. The fourth-order valence-electron chi connectivity index (χ4n) is 2.77. The molecule has 2 rings (SSSR count). The van der Waals surface area contributed by atoms with Crippen molar-refractivity contribution in [2.45, 2.75) is 33.7 Å². The molecule has 3 N–H and O–H groups in total. The van der Waals surface area contributed by atoms with E-state index >= 15 is 0 Å². The Hall–Kier alpha value is -2.97. The second-order valence-corrected chi connectivity index (χ2v) is 8.96. The highest BCUT2D eigenvalue weighted by atomic mass is 32.2. The Balaban J connectivity index is 2.03. The van der Waals surface area contributed by atoms with Crippen LogP contribution >= 0.6 is 0 Å². The molecule has 0 aliphatic heterocycles. The third-order valence-corrected chi connectivity index (χ3v) is 5.48. The van der Waals surface area contributed by atoms with Crippen LogP contribution in [0.2, 0.25) is 0 Å². The Morgan fingerprint density at radius 1 is 0.967 bits per heavy atom. The molecule has 1 atom stereocenters. The number of hydrogen-bond donors (Lipinski definition) is 3. The van der Waals surface area contributed by atoms with E-state index in [0.717, 1.165) is 16.5 Å². The highest BCUT2D eigenvalue weighted by molar-refractivity contribution is 7.92. The van der Waals surface area contributed by atoms with Crippen LogP contribution in [0.3, 0.4) is 0 Å². The van der Waals surface area contributed by atoms with Crippen molar-refractivity contribution in [2.24, 2.45) is 5.92 Å². The second-order valence-electron chi connectivity index (χ2n) is 7.36. The Labute approximate surface area is 177 Å². The van der Waals surface area contributed by atoms with E-state index in [2.05, 4.69) is 15.6 Å². The van der Waals surface area contributed by atoms with Crippen LogP contribution in [0.4, 0.5) is 0 Å². The zero-order chi connectivity index (χ0) is 22.3. The van der Waals surface area contributed by atoms with Gasteiger partial charge in [-0.3, -0.25) is 20.4 Å². The van der Waals surface area contributed by atoms with Crippen LogP contribution in [0, 0.1) is 19.8 Å². The van der Waals surface area contributed by atoms with Crippen LogP contribution in [0.25, 0.3) is 6.08 Å². The standard InChI is InChI=1S/C22H27N3O4S/c1-15(2)20(25-30(28,29)13-12-18-8-6-5-7-9-18)22(27)24-23-21(26)19-11-10-16(3)14-17(19)4/h5-15,20,25H,1-4H3,(H,23,26)(H,24,27)/b13-12+/t20-/m0/s1. The highest BCUT2D eigenvalue weighted by Crippen LogP contribution is 2.10. The lowest BCUT2D eigenvalue weighted by molar-refractivity contribution is -0.124. The SMILES string of the molecule is Cc1ccc(C(=O)NNC(=O)[C@@H](NS(=O)(=O)/C=C/c2ccccc2)C(C)C)c(C)c1. The number of sulfonamides is 1. The van der Waals surface area contributed by atoms with E-state index in [1.165, 1.54) is 6.08 Å². The number of hydrazine groups is 1. The molecule has 30 heavy (non-hydrogen) atoms. The van der Waals surface area contributed by atoms with Gasteiger partial charge >= 0.3 is 0 Å². The minimum atomic E-state index is -3.88. The summed E-state index contributed by atoms with van der Waals surface area (Å²) in [6.07, 6.45) is 1.44. The number of hydrogen-bond acceptors (Lipinski definition) is 4. The van der Waals surface area contributed by atoms with Crippen molar-refractivity contribution in [3.63, 3.8) is 0 Å². The van der Waals surface area contributed by atoms with Crippen LogP contribution < -0.4 is 15.6 Å². The van der Waals surface area contributed by atoms with Gasteiger partial charge in [-0.25, -0.2) is 8.42 Å². The predicted molar refractivity (Wildman–Crippen MR) is 118 cm³/mol. The summed E-state index contributed by atoms with van der Waals surface area (Å²) in [5.41, 5.74) is 7.59. The topological polar surface area (TPSA) is 104 Å². The minimum Gasteiger partial charge on any atom is -0.271 e. The van der Waals surface area contributed by atoms with Crippen LogP contribution in [-0.2, 0) is 14.8 Å². The first kappa shape index (κ1) is 23.3. The molecule has 2 amide bonds. The molecule has 0 fully saturated rings. The zero-order valence-corrected chi connectivity index (χ0v) is 18.3. The molecule has 0 aromatic heterocycles. The molecule has 0 radical (unpaired) electrons. The third kappa shape index (κ3) is 6.82. The van der Waals surface area contributed by atoms with Gasteiger partial charge in [0.15, 0.2) is 0 Å². The molecule has 0 heterocycles. The minimum absolute atomic E-state index is 0.345. The van der Waals surface area contributed by atoms with E-state index < -0.39 is 27.9 Å². The zero-order valence-electron chi connectivity index (χ0n) is 17.5. The normalized spacial score (nSPS) is 12.7. The number of benzene rings is 2. The lowest BCUT2D eigenvalue weighted by atomic mass is 10.1. The maximum atomic E-state index is 12.5. The Morgan fingerprint density at radius 2 is 1.63 bits per heavy atom. The van der Waals surface area contributed by atoms with Gasteiger partial charge < -0.3 is 0 Å². The van der Waals surface area contributed by atoms with Crippen LogP contribution in [0.1, 0.15) is 40.9 Å². The first-order chi connectivity index (χ1) is 14.1. The van der Waals surface area contributed by atoms with Crippen molar-refractivity contribution in [1.82, 2.24) is 15.6 Å². The van der Waals surface area contributed by atoms with Gasteiger partial charge in [-0.15, -0.1) is 0 Å². The molecule has 160 valence electrons. The van der Waals surface area contributed by atoms with E-state index in [1.54, 1.807) is 57.2 Å². The molecule has 0 unspecified atom stereocenters. The van der Waals surface area contributed by atoms with Crippen LogP contribution in [-0.4, -0.2) is 26.3 Å². The Morgan fingerprint density at radius 3 is 2.23 bits per heavy atom. The monoisotopic (exact) mass is 429 g/mol. The molecule has 7 nitrogen and oxygen atoms in total. The van der Waals surface area contributed by atoms with Gasteiger partial charge in [0.1, 0.15) is 6.04 Å². The number of carbonyl (C=O) groups excluding carboxylic acids is 2. The van der Waals surface area contributed by atoms with Gasteiger partial charge in [0.25, 0.3) is 11.8 Å². The van der Waals surface area contributed by atoms with Gasteiger partial charge in [-0.2, -0.15) is 4.72 Å².